The molecule has 5 nitrogen and oxygen atoms in total. The number of aromatic nitrogens is 2. The summed E-state index contributed by atoms with van der Waals surface area (Å²) in [6.45, 7) is 3.75. The van der Waals surface area contributed by atoms with E-state index in [1.54, 1.807) is 10.7 Å². The van der Waals surface area contributed by atoms with Gasteiger partial charge in [0.2, 0.25) is 0 Å². The number of rotatable bonds is 6. The Hall–Kier alpha value is -1.71. The largest absolute Gasteiger partial charge is 0.357 e. The topological polar surface area (TPSA) is 45.5 Å². The van der Waals surface area contributed by atoms with Crippen LogP contribution in [-0.2, 0) is 20.0 Å². The fourth-order valence-corrected chi connectivity index (χ4v) is 2.40. The van der Waals surface area contributed by atoms with Crippen molar-refractivity contribution in [2.75, 3.05) is 20.1 Å². The lowest BCUT2D eigenvalue weighted by Crippen LogP contribution is -2.38. The molecule has 0 aliphatic carbocycles. The molecule has 25 heavy (non-hydrogen) atoms. The highest BCUT2D eigenvalue weighted by atomic mass is 127. The van der Waals surface area contributed by atoms with Crippen molar-refractivity contribution >= 4 is 29.9 Å². The zero-order valence-corrected chi connectivity index (χ0v) is 17.0. The quantitative estimate of drug-likeness (QED) is 0.407. The van der Waals surface area contributed by atoms with Gasteiger partial charge in [0.05, 0.1) is 6.20 Å². The molecule has 0 spiro atoms. The molecule has 8 heteroatoms. The third-order valence-corrected chi connectivity index (χ3v) is 3.55. The van der Waals surface area contributed by atoms with Gasteiger partial charge in [0.25, 0.3) is 0 Å². The number of hydrogen-bond acceptors (Lipinski definition) is 2. The molecule has 0 aliphatic rings. The number of halogens is 3. The minimum absolute atomic E-state index is 0. The van der Waals surface area contributed by atoms with Gasteiger partial charge in [-0.25, -0.2) is 8.78 Å². The molecule has 1 N–H and O–H groups in total. The second kappa shape index (κ2) is 10.3. The van der Waals surface area contributed by atoms with Crippen molar-refractivity contribution in [1.29, 1.82) is 0 Å². The zero-order chi connectivity index (χ0) is 17.5. The van der Waals surface area contributed by atoms with E-state index in [-0.39, 0.29) is 24.0 Å². The number of aliphatic imine (C=N–C) groups is 1. The van der Waals surface area contributed by atoms with E-state index in [4.69, 9.17) is 0 Å². The second-order valence-corrected chi connectivity index (χ2v) is 5.58. The van der Waals surface area contributed by atoms with E-state index in [1.807, 2.05) is 38.3 Å². The van der Waals surface area contributed by atoms with Crippen molar-refractivity contribution in [3.8, 4) is 0 Å². The van der Waals surface area contributed by atoms with Crippen molar-refractivity contribution in [2.45, 2.75) is 19.9 Å². The van der Waals surface area contributed by atoms with Gasteiger partial charge < -0.3 is 10.2 Å². The third-order valence-electron chi connectivity index (χ3n) is 3.55. The molecular weight excluding hydrogens is 439 g/mol. The highest BCUT2D eigenvalue weighted by Gasteiger charge is 2.09. The number of benzene rings is 1. The third kappa shape index (κ3) is 6.26. The first-order valence-electron chi connectivity index (χ1n) is 7.91. The molecule has 0 amide bonds. The Labute approximate surface area is 164 Å². The highest BCUT2D eigenvalue weighted by Crippen LogP contribution is 2.12. The molecule has 0 saturated heterocycles. The van der Waals surface area contributed by atoms with Crippen LogP contribution in [0.2, 0.25) is 0 Å². The monoisotopic (exact) mass is 463 g/mol. The molecule has 1 aromatic carbocycles. The molecule has 1 heterocycles. The molecule has 2 aromatic rings. The molecule has 2 rings (SSSR count). The van der Waals surface area contributed by atoms with Crippen LogP contribution in [0.25, 0.3) is 0 Å². The summed E-state index contributed by atoms with van der Waals surface area (Å²) in [4.78, 5) is 6.47. The van der Waals surface area contributed by atoms with E-state index < -0.39 is 11.6 Å². The number of nitrogens with zero attached hydrogens (tertiary/aromatic N) is 4. The minimum Gasteiger partial charge on any atom is -0.357 e. The molecule has 0 radical (unpaired) electrons. The van der Waals surface area contributed by atoms with Crippen LogP contribution in [0.3, 0.4) is 0 Å². The predicted molar refractivity (Wildman–Crippen MR) is 106 cm³/mol. The van der Waals surface area contributed by atoms with Gasteiger partial charge in [-0.05, 0) is 25.0 Å². The van der Waals surface area contributed by atoms with Crippen LogP contribution in [-0.4, -0.2) is 40.8 Å². The lowest BCUT2D eigenvalue weighted by atomic mass is 10.1. The van der Waals surface area contributed by atoms with Crippen molar-refractivity contribution in [3.05, 3.63) is 53.4 Å². The smallest absolute Gasteiger partial charge is 0.193 e. The van der Waals surface area contributed by atoms with E-state index in [0.717, 1.165) is 24.1 Å². The van der Waals surface area contributed by atoms with Crippen LogP contribution in [0.4, 0.5) is 8.78 Å². The maximum Gasteiger partial charge on any atom is 0.193 e. The maximum absolute atomic E-state index is 13.7. The molecule has 0 saturated carbocycles. The Balaban J connectivity index is 0.00000312. The van der Waals surface area contributed by atoms with Crippen LogP contribution in [0.1, 0.15) is 18.1 Å². The van der Waals surface area contributed by atoms with E-state index in [2.05, 4.69) is 15.4 Å². The summed E-state index contributed by atoms with van der Waals surface area (Å²) >= 11 is 0. The van der Waals surface area contributed by atoms with E-state index in [1.165, 1.54) is 6.07 Å². The van der Waals surface area contributed by atoms with E-state index in [0.29, 0.717) is 25.1 Å². The Morgan fingerprint density at radius 1 is 1.36 bits per heavy atom. The SMILES string of the molecule is CCNC(=NCCc1cccc(F)c1F)N(C)Cc1cnn(C)c1.I. The van der Waals surface area contributed by atoms with Gasteiger partial charge in [0, 0.05) is 45.5 Å². The summed E-state index contributed by atoms with van der Waals surface area (Å²) in [6, 6.07) is 4.21. The lowest BCUT2D eigenvalue weighted by Gasteiger charge is -2.21. The fraction of sp³-hybridized carbons (Fsp3) is 0.412. The molecule has 0 atom stereocenters. The van der Waals surface area contributed by atoms with Gasteiger partial charge in [0.1, 0.15) is 0 Å². The van der Waals surface area contributed by atoms with Crippen LogP contribution < -0.4 is 5.32 Å². The minimum atomic E-state index is -0.822. The van der Waals surface area contributed by atoms with Crippen molar-refractivity contribution in [3.63, 3.8) is 0 Å². The predicted octanol–water partition coefficient (Wildman–Crippen LogP) is 2.96. The number of hydrogen-bond donors (Lipinski definition) is 1. The average molecular weight is 463 g/mol. The van der Waals surface area contributed by atoms with Crippen molar-refractivity contribution in [2.24, 2.45) is 12.0 Å². The Bertz CT molecular complexity index is 702. The Kier molecular flexibility index (Phi) is 8.81. The van der Waals surface area contributed by atoms with Gasteiger partial charge in [-0.1, -0.05) is 12.1 Å². The van der Waals surface area contributed by atoms with Gasteiger partial charge in [0.15, 0.2) is 17.6 Å². The number of nitrogens with one attached hydrogen (secondary N) is 1. The Morgan fingerprint density at radius 2 is 2.12 bits per heavy atom. The number of guanidine groups is 1. The van der Waals surface area contributed by atoms with Crippen LogP contribution in [0.5, 0.6) is 0 Å². The molecule has 138 valence electrons. The van der Waals surface area contributed by atoms with Crippen LogP contribution >= 0.6 is 24.0 Å². The average Bonchev–Trinajstić information content (AvgIpc) is 2.95. The molecule has 0 unspecified atom stereocenters. The first-order chi connectivity index (χ1) is 11.5. The van der Waals surface area contributed by atoms with Crippen LogP contribution in [0, 0.1) is 11.6 Å². The molecular formula is C17H24F2IN5. The molecule has 1 aromatic heterocycles. The van der Waals surface area contributed by atoms with Gasteiger partial charge in [-0.3, -0.25) is 9.67 Å². The summed E-state index contributed by atoms with van der Waals surface area (Å²) in [5.74, 6) is -0.892. The molecule has 0 bridgehead atoms. The second-order valence-electron chi connectivity index (χ2n) is 5.58. The number of aryl methyl sites for hydroxylation is 1. The van der Waals surface area contributed by atoms with Gasteiger partial charge in [-0.15, -0.1) is 24.0 Å². The fourth-order valence-electron chi connectivity index (χ4n) is 2.40. The first kappa shape index (κ1) is 21.3. The van der Waals surface area contributed by atoms with Gasteiger partial charge >= 0.3 is 0 Å². The van der Waals surface area contributed by atoms with Crippen molar-refractivity contribution < 1.29 is 8.78 Å². The Morgan fingerprint density at radius 3 is 2.76 bits per heavy atom. The van der Waals surface area contributed by atoms with Gasteiger partial charge in [-0.2, -0.15) is 5.10 Å². The summed E-state index contributed by atoms with van der Waals surface area (Å²) in [7, 11) is 3.80. The lowest BCUT2D eigenvalue weighted by molar-refractivity contribution is 0.476. The summed E-state index contributed by atoms with van der Waals surface area (Å²) in [5.41, 5.74) is 1.41. The van der Waals surface area contributed by atoms with Crippen LogP contribution in [0.15, 0.2) is 35.6 Å². The zero-order valence-electron chi connectivity index (χ0n) is 14.7. The van der Waals surface area contributed by atoms with E-state index >= 15 is 0 Å². The summed E-state index contributed by atoms with van der Waals surface area (Å²) < 4.78 is 28.6. The molecule has 0 fully saturated rings. The van der Waals surface area contributed by atoms with E-state index in [9.17, 15) is 8.78 Å². The first-order valence-corrected chi connectivity index (χ1v) is 7.91. The maximum atomic E-state index is 13.7. The summed E-state index contributed by atoms with van der Waals surface area (Å²) in [6.07, 6.45) is 4.10. The molecule has 0 aliphatic heterocycles. The standard InChI is InChI=1S/C17H23F2N5.HI/c1-4-20-17(23(2)11-13-10-22-24(3)12-13)21-9-8-14-6-5-7-15(18)16(14)19;/h5-7,10,12H,4,8-9,11H2,1-3H3,(H,20,21);1H. The van der Waals surface area contributed by atoms with Crippen molar-refractivity contribution in [1.82, 2.24) is 20.0 Å². The highest BCUT2D eigenvalue weighted by molar-refractivity contribution is 14.0. The normalized spacial score (nSPS) is 11.2. The summed E-state index contributed by atoms with van der Waals surface area (Å²) in [5, 5.41) is 7.35.